The molecule has 0 unspecified atom stereocenters. The van der Waals surface area contributed by atoms with Crippen molar-refractivity contribution in [3.05, 3.63) is 52.2 Å². The van der Waals surface area contributed by atoms with Gasteiger partial charge in [-0.05, 0) is 54.8 Å². The standard InChI is InChI=1S/C20H25NO3S/c1-24-17-12-10-16(11-13-17)6-2-3-14-21-20(23)9-4-7-18(22)19-8-5-15-25-19/h5,8,10-13,15H,2-4,6-7,9,14H2,1H3,(H,21,23). The minimum Gasteiger partial charge on any atom is -0.497 e. The fraction of sp³-hybridized carbons (Fsp3) is 0.400. The quantitative estimate of drug-likeness (QED) is 0.482. The average Bonchev–Trinajstić information content (AvgIpc) is 3.16. The van der Waals surface area contributed by atoms with Gasteiger partial charge in [-0.1, -0.05) is 18.2 Å². The predicted octanol–water partition coefficient (Wildman–Crippen LogP) is 4.25. The van der Waals surface area contributed by atoms with Crippen molar-refractivity contribution in [2.75, 3.05) is 13.7 Å². The molecule has 0 radical (unpaired) electrons. The summed E-state index contributed by atoms with van der Waals surface area (Å²) in [6.07, 6.45) is 4.43. The lowest BCUT2D eigenvalue weighted by Crippen LogP contribution is -2.24. The largest absolute Gasteiger partial charge is 0.497 e. The van der Waals surface area contributed by atoms with Crippen LogP contribution in [0, 0.1) is 0 Å². The van der Waals surface area contributed by atoms with Gasteiger partial charge >= 0.3 is 0 Å². The number of carbonyl (C=O) groups excluding carboxylic acids is 2. The van der Waals surface area contributed by atoms with Gasteiger partial charge in [0.25, 0.3) is 0 Å². The van der Waals surface area contributed by atoms with E-state index in [0.29, 0.717) is 25.8 Å². The lowest BCUT2D eigenvalue weighted by molar-refractivity contribution is -0.121. The zero-order chi connectivity index (χ0) is 17.9. The Morgan fingerprint density at radius 1 is 1.04 bits per heavy atom. The molecule has 0 atom stereocenters. The van der Waals surface area contributed by atoms with Crippen LogP contribution in [0.5, 0.6) is 5.75 Å². The lowest BCUT2D eigenvalue weighted by Gasteiger charge is -2.06. The van der Waals surface area contributed by atoms with Crippen LogP contribution in [0.25, 0.3) is 0 Å². The van der Waals surface area contributed by atoms with Crippen LogP contribution in [0.1, 0.15) is 47.3 Å². The zero-order valence-corrected chi connectivity index (χ0v) is 15.4. The number of rotatable bonds is 11. The summed E-state index contributed by atoms with van der Waals surface area (Å²) in [6, 6.07) is 11.8. The van der Waals surface area contributed by atoms with Gasteiger partial charge in [0.1, 0.15) is 5.75 Å². The molecule has 1 N–H and O–H groups in total. The predicted molar refractivity (Wildman–Crippen MR) is 101 cm³/mol. The van der Waals surface area contributed by atoms with Crippen molar-refractivity contribution in [3.63, 3.8) is 0 Å². The maximum absolute atomic E-state index is 11.8. The first-order valence-electron chi connectivity index (χ1n) is 8.65. The Morgan fingerprint density at radius 3 is 2.52 bits per heavy atom. The second-order valence-electron chi connectivity index (χ2n) is 5.91. The summed E-state index contributed by atoms with van der Waals surface area (Å²) in [5, 5.41) is 4.82. The van der Waals surface area contributed by atoms with Crippen LogP contribution < -0.4 is 10.1 Å². The first kappa shape index (κ1) is 19.2. The molecule has 25 heavy (non-hydrogen) atoms. The Bertz CT molecular complexity index is 650. The van der Waals surface area contributed by atoms with Gasteiger partial charge < -0.3 is 10.1 Å². The van der Waals surface area contributed by atoms with E-state index in [4.69, 9.17) is 4.74 Å². The molecular weight excluding hydrogens is 334 g/mol. The Balaban J connectivity index is 1.51. The maximum atomic E-state index is 11.8. The van der Waals surface area contributed by atoms with Gasteiger partial charge in [0.2, 0.25) is 5.91 Å². The van der Waals surface area contributed by atoms with E-state index in [1.807, 2.05) is 29.6 Å². The van der Waals surface area contributed by atoms with Crippen LogP contribution in [-0.2, 0) is 11.2 Å². The number of amides is 1. The van der Waals surface area contributed by atoms with Crippen LogP contribution in [0.15, 0.2) is 41.8 Å². The van der Waals surface area contributed by atoms with Crippen molar-refractivity contribution in [2.45, 2.75) is 38.5 Å². The van der Waals surface area contributed by atoms with Gasteiger partial charge in [0.05, 0.1) is 12.0 Å². The van der Waals surface area contributed by atoms with E-state index in [9.17, 15) is 9.59 Å². The molecule has 4 nitrogen and oxygen atoms in total. The fourth-order valence-electron chi connectivity index (χ4n) is 2.53. The number of ether oxygens (including phenoxy) is 1. The Hall–Kier alpha value is -2.14. The smallest absolute Gasteiger partial charge is 0.220 e. The number of aryl methyl sites for hydroxylation is 1. The topological polar surface area (TPSA) is 55.4 Å². The minimum absolute atomic E-state index is 0.0310. The summed E-state index contributed by atoms with van der Waals surface area (Å²) in [4.78, 5) is 24.4. The molecule has 5 heteroatoms. The number of hydrogen-bond donors (Lipinski definition) is 1. The van der Waals surface area contributed by atoms with E-state index in [2.05, 4.69) is 17.4 Å². The SMILES string of the molecule is COc1ccc(CCCCNC(=O)CCCC(=O)c2cccs2)cc1. The second-order valence-corrected chi connectivity index (χ2v) is 6.86. The number of nitrogens with one attached hydrogen (secondary N) is 1. The van der Waals surface area contributed by atoms with Crippen LogP contribution in [-0.4, -0.2) is 25.3 Å². The van der Waals surface area contributed by atoms with E-state index < -0.39 is 0 Å². The number of unbranched alkanes of at least 4 members (excludes halogenated alkanes) is 1. The summed E-state index contributed by atoms with van der Waals surface area (Å²) >= 11 is 1.45. The lowest BCUT2D eigenvalue weighted by atomic mass is 10.1. The van der Waals surface area contributed by atoms with Crippen LogP contribution >= 0.6 is 11.3 Å². The van der Waals surface area contributed by atoms with E-state index in [1.54, 1.807) is 7.11 Å². The van der Waals surface area contributed by atoms with Crippen molar-refractivity contribution in [1.29, 1.82) is 0 Å². The van der Waals surface area contributed by atoms with E-state index >= 15 is 0 Å². The van der Waals surface area contributed by atoms with Gasteiger partial charge in [-0.2, -0.15) is 0 Å². The molecule has 0 saturated carbocycles. The van der Waals surface area contributed by atoms with Crippen LogP contribution in [0.4, 0.5) is 0 Å². The first-order valence-corrected chi connectivity index (χ1v) is 9.53. The van der Waals surface area contributed by atoms with Crippen molar-refractivity contribution in [2.24, 2.45) is 0 Å². The van der Waals surface area contributed by atoms with Gasteiger partial charge in [-0.3, -0.25) is 9.59 Å². The third-order valence-corrected chi connectivity index (χ3v) is 4.89. The molecule has 0 bridgehead atoms. The van der Waals surface area contributed by atoms with E-state index in [0.717, 1.165) is 29.9 Å². The highest BCUT2D eigenvalue weighted by Gasteiger charge is 2.08. The molecule has 0 spiro atoms. The molecule has 1 aromatic heterocycles. The number of benzene rings is 1. The van der Waals surface area contributed by atoms with E-state index in [-0.39, 0.29) is 11.7 Å². The molecule has 0 fully saturated rings. The molecule has 1 aromatic carbocycles. The molecule has 1 amide bonds. The Morgan fingerprint density at radius 2 is 1.84 bits per heavy atom. The molecule has 0 aliphatic heterocycles. The molecule has 0 aliphatic carbocycles. The summed E-state index contributed by atoms with van der Waals surface area (Å²) in [5.74, 6) is 1.03. The molecular formula is C20H25NO3S. The third-order valence-electron chi connectivity index (χ3n) is 3.98. The average molecular weight is 359 g/mol. The van der Waals surface area contributed by atoms with Crippen molar-refractivity contribution >= 4 is 23.0 Å². The van der Waals surface area contributed by atoms with Crippen LogP contribution in [0.2, 0.25) is 0 Å². The fourth-order valence-corrected chi connectivity index (χ4v) is 3.23. The molecule has 0 aliphatic rings. The van der Waals surface area contributed by atoms with Gasteiger partial charge in [-0.25, -0.2) is 0 Å². The molecule has 2 rings (SSSR count). The summed E-state index contributed by atoms with van der Waals surface area (Å²) < 4.78 is 5.14. The number of methoxy groups -OCH3 is 1. The summed E-state index contributed by atoms with van der Waals surface area (Å²) in [6.45, 7) is 0.688. The highest BCUT2D eigenvalue weighted by Crippen LogP contribution is 2.14. The third kappa shape index (κ3) is 7.10. The van der Waals surface area contributed by atoms with E-state index in [1.165, 1.54) is 16.9 Å². The maximum Gasteiger partial charge on any atom is 0.220 e. The number of thiophene rings is 1. The van der Waals surface area contributed by atoms with Gasteiger partial charge in [0.15, 0.2) is 5.78 Å². The number of carbonyl (C=O) groups is 2. The monoisotopic (exact) mass is 359 g/mol. The highest BCUT2D eigenvalue weighted by atomic mass is 32.1. The zero-order valence-electron chi connectivity index (χ0n) is 14.6. The van der Waals surface area contributed by atoms with Crippen LogP contribution in [0.3, 0.4) is 0 Å². The Labute approximate surface area is 153 Å². The molecule has 0 saturated heterocycles. The number of Topliss-reactive ketones (excluding diaryl/α,β-unsaturated/α-hetero) is 1. The Kier molecular flexibility index (Phi) is 8.19. The van der Waals surface area contributed by atoms with Crippen molar-refractivity contribution in [1.82, 2.24) is 5.32 Å². The number of ketones is 1. The second kappa shape index (κ2) is 10.7. The first-order chi connectivity index (χ1) is 12.2. The molecule has 134 valence electrons. The molecule has 2 aromatic rings. The summed E-state index contributed by atoms with van der Waals surface area (Å²) in [5.41, 5.74) is 1.28. The van der Waals surface area contributed by atoms with Crippen molar-refractivity contribution < 1.29 is 14.3 Å². The van der Waals surface area contributed by atoms with Gasteiger partial charge in [-0.15, -0.1) is 11.3 Å². The molecule has 1 heterocycles. The number of hydrogen-bond acceptors (Lipinski definition) is 4. The van der Waals surface area contributed by atoms with Crippen molar-refractivity contribution in [3.8, 4) is 5.75 Å². The minimum atomic E-state index is 0.0310. The summed E-state index contributed by atoms with van der Waals surface area (Å²) in [7, 11) is 1.66. The highest BCUT2D eigenvalue weighted by molar-refractivity contribution is 7.12. The van der Waals surface area contributed by atoms with Gasteiger partial charge in [0, 0.05) is 19.4 Å². The normalized spacial score (nSPS) is 10.4.